The van der Waals surface area contributed by atoms with Crippen LogP contribution in [0.25, 0.3) is 0 Å². The van der Waals surface area contributed by atoms with Gasteiger partial charge in [0.05, 0.1) is 6.04 Å². The van der Waals surface area contributed by atoms with E-state index in [1.165, 1.54) is 25.7 Å². The molecule has 0 saturated heterocycles. The summed E-state index contributed by atoms with van der Waals surface area (Å²) in [7, 11) is 1.81. The van der Waals surface area contributed by atoms with E-state index in [2.05, 4.69) is 39.6 Å². The van der Waals surface area contributed by atoms with Crippen LogP contribution < -0.4 is 0 Å². The molecule has 138 valence electrons. The van der Waals surface area contributed by atoms with Crippen LogP contribution in [0.3, 0.4) is 0 Å². The third-order valence-electron chi connectivity index (χ3n) is 7.40. The van der Waals surface area contributed by atoms with Crippen LogP contribution >= 0.6 is 0 Å². The molecule has 0 radical (unpaired) electrons. The molecule has 3 saturated carbocycles. The summed E-state index contributed by atoms with van der Waals surface area (Å²) in [6.07, 6.45) is 6.15. The monoisotopic (exact) mass is 335 g/mol. The van der Waals surface area contributed by atoms with Crippen molar-refractivity contribution in [3.8, 4) is 0 Å². The lowest BCUT2D eigenvalue weighted by Gasteiger charge is -2.65. The van der Waals surface area contributed by atoms with Crippen molar-refractivity contribution in [3.63, 3.8) is 0 Å². The van der Waals surface area contributed by atoms with Crippen molar-refractivity contribution in [2.24, 2.45) is 39.4 Å². The predicted molar refractivity (Wildman–Crippen MR) is 97.8 cm³/mol. The molecule has 0 aromatic heterocycles. The van der Waals surface area contributed by atoms with Gasteiger partial charge in [-0.3, -0.25) is 5.01 Å². The van der Waals surface area contributed by atoms with Gasteiger partial charge in [-0.2, -0.15) is 5.11 Å². The average Bonchev–Trinajstić information content (AvgIpc) is 2.90. The van der Waals surface area contributed by atoms with Gasteiger partial charge in [0.15, 0.2) is 0 Å². The number of hydrogen-bond donors (Lipinski definition) is 0. The maximum atomic E-state index is 5.45. The molecule has 4 aliphatic rings. The molecule has 4 rings (SSSR count). The third kappa shape index (κ3) is 2.79. The van der Waals surface area contributed by atoms with Crippen molar-refractivity contribution >= 4 is 0 Å². The number of hydrogen-bond acceptors (Lipinski definition) is 4. The molecule has 3 fully saturated rings. The first-order chi connectivity index (χ1) is 11.3. The van der Waals surface area contributed by atoms with E-state index in [4.69, 9.17) is 15.1 Å². The molecule has 2 bridgehead atoms. The first kappa shape index (κ1) is 18.2. The molecule has 0 aromatic carbocycles. The van der Waals surface area contributed by atoms with Crippen molar-refractivity contribution in [3.05, 3.63) is 0 Å². The summed E-state index contributed by atoms with van der Waals surface area (Å²) in [5.74, 6) is 3.00. The van der Waals surface area contributed by atoms with Crippen molar-refractivity contribution in [2.75, 3.05) is 20.3 Å². The normalized spacial score (nSPS) is 37.5. The second-order valence-corrected chi connectivity index (χ2v) is 9.51. The number of methoxy groups -OCH3 is 1. The minimum Gasteiger partial charge on any atom is -0.385 e. The molecule has 4 nitrogen and oxygen atoms in total. The molecular formula is C20H37N3O. The van der Waals surface area contributed by atoms with Gasteiger partial charge in [0.1, 0.15) is 5.54 Å². The summed E-state index contributed by atoms with van der Waals surface area (Å²) >= 11 is 0. The van der Waals surface area contributed by atoms with Crippen molar-refractivity contribution in [2.45, 2.75) is 78.3 Å². The Morgan fingerprint density at radius 3 is 2.58 bits per heavy atom. The largest absolute Gasteiger partial charge is 0.385 e. The van der Waals surface area contributed by atoms with E-state index in [0.717, 1.165) is 37.3 Å². The SMILES string of the molecule is CCC(CC(C)C)CN1N=NC2(CCOC)C1CC1CC2C1(C)C. The number of ether oxygens (including phenoxy) is 1. The number of rotatable bonds is 8. The van der Waals surface area contributed by atoms with E-state index in [1.807, 2.05) is 7.11 Å². The van der Waals surface area contributed by atoms with Crippen LogP contribution in [0.2, 0.25) is 0 Å². The van der Waals surface area contributed by atoms with Crippen LogP contribution in [0.5, 0.6) is 0 Å². The van der Waals surface area contributed by atoms with Crippen molar-refractivity contribution in [1.82, 2.24) is 5.01 Å². The quantitative estimate of drug-likeness (QED) is 0.629. The Bertz CT molecular complexity index is 476. The molecule has 0 N–H and O–H groups in total. The lowest BCUT2D eigenvalue weighted by Crippen LogP contribution is -2.68. The molecule has 0 aromatic rings. The second-order valence-electron chi connectivity index (χ2n) is 9.51. The fourth-order valence-corrected chi connectivity index (χ4v) is 5.81. The standard InChI is InChI=1S/C20H37N3O/c1-7-15(10-14(2)3)13-23-18-12-16-11-17(19(16,4)5)20(18,21-22-23)8-9-24-6/h14-18H,7-13H2,1-6H3. The van der Waals surface area contributed by atoms with Crippen LogP contribution in [-0.4, -0.2) is 36.9 Å². The fourth-order valence-electron chi connectivity index (χ4n) is 5.81. The maximum absolute atomic E-state index is 5.45. The van der Waals surface area contributed by atoms with E-state index in [-0.39, 0.29) is 5.54 Å². The Balaban J connectivity index is 1.76. The van der Waals surface area contributed by atoms with Gasteiger partial charge in [-0.05, 0) is 48.3 Å². The highest BCUT2D eigenvalue weighted by atomic mass is 16.5. The third-order valence-corrected chi connectivity index (χ3v) is 7.40. The molecule has 0 amide bonds. The molecule has 0 spiro atoms. The van der Waals surface area contributed by atoms with Crippen LogP contribution in [0.1, 0.15) is 66.7 Å². The van der Waals surface area contributed by atoms with E-state index in [1.54, 1.807) is 0 Å². The minimum absolute atomic E-state index is 0.00435. The maximum Gasteiger partial charge on any atom is 0.111 e. The zero-order valence-corrected chi connectivity index (χ0v) is 16.6. The van der Waals surface area contributed by atoms with Crippen LogP contribution in [0, 0.1) is 29.1 Å². The van der Waals surface area contributed by atoms with Gasteiger partial charge in [-0.1, -0.05) is 46.3 Å². The Morgan fingerprint density at radius 2 is 2.00 bits per heavy atom. The second kappa shape index (κ2) is 6.59. The Labute approximate surface area is 148 Å². The highest BCUT2D eigenvalue weighted by molar-refractivity contribution is 5.20. The summed E-state index contributed by atoms with van der Waals surface area (Å²) in [6, 6.07) is 0.505. The van der Waals surface area contributed by atoms with Gasteiger partial charge in [0, 0.05) is 26.7 Å². The van der Waals surface area contributed by atoms with Gasteiger partial charge >= 0.3 is 0 Å². The highest BCUT2D eigenvalue weighted by Crippen LogP contribution is 2.66. The van der Waals surface area contributed by atoms with Gasteiger partial charge in [0.25, 0.3) is 0 Å². The van der Waals surface area contributed by atoms with E-state index < -0.39 is 0 Å². The fraction of sp³-hybridized carbons (Fsp3) is 1.00. The molecule has 24 heavy (non-hydrogen) atoms. The number of nitrogens with zero attached hydrogens (tertiary/aromatic N) is 3. The first-order valence-corrected chi connectivity index (χ1v) is 10.0. The van der Waals surface area contributed by atoms with E-state index >= 15 is 0 Å². The Morgan fingerprint density at radius 1 is 1.25 bits per heavy atom. The zero-order valence-electron chi connectivity index (χ0n) is 16.6. The predicted octanol–water partition coefficient (Wildman–Crippen LogP) is 4.95. The van der Waals surface area contributed by atoms with Crippen molar-refractivity contribution < 1.29 is 4.74 Å². The zero-order chi connectivity index (χ0) is 17.5. The molecule has 3 aliphatic carbocycles. The highest BCUT2D eigenvalue weighted by Gasteiger charge is 2.68. The van der Waals surface area contributed by atoms with Gasteiger partial charge < -0.3 is 4.74 Å². The molecular weight excluding hydrogens is 298 g/mol. The van der Waals surface area contributed by atoms with Gasteiger partial charge in [0.2, 0.25) is 0 Å². The molecule has 4 heteroatoms. The lowest BCUT2D eigenvalue weighted by molar-refractivity contribution is -0.147. The molecule has 1 heterocycles. The summed E-state index contributed by atoms with van der Waals surface area (Å²) in [5, 5.41) is 12.1. The topological polar surface area (TPSA) is 37.2 Å². The molecule has 5 unspecified atom stereocenters. The minimum atomic E-state index is 0.00435. The Hall–Kier alpha value is -0.640. The van der Waals surface area contributed by atoms with E-state index in [0.29, 0.717) is 17.4 Å². The smallest absolute Gasteiger partial charge is 0.111 e. The van der Waals surface area contributed by atoms with Crippen LogP contribution in [0.4, 0.5) is 0 Å². The van der Waals surface area contributed by atoms with Crippen LogP contribution in [-0.2, 0) is 4.74 Å². The van der Waals surface area contributed by atoms with Gasteiger partial charge in [-0.15, -0.1) is 0 Å². The molecule has 5 atom stereocenters. The summed E-state index contributed by atoms with van der Waals surface area (Å²) in [4.78, 5) is 0. The summed E-state index contributed by atoms with van der Waals surface area (Å²) in [6.45, 7) is 13.7. The van der Waals surface area contributed by atoms with Gasteiger partial charge in [-0.25, -0.2) is 0 Å². The summed E-state index contributed by atoms with van der Waals surface area (Å²) in [5.41, 5.74) is 0.422. The Kier molecular flexibility index (Phi) is 4.98. The molecule has 1 aliphatic heterocycles. The van der Waals surface area contributed by atoms with Crippen LogP contribution in [0.15, 0.2) is 10.3 Å². The summed E-state index contributed by atoms with van der Waals surface area (Å²) < 4.78 is 5.45. The van der Waals surface area contributed by atoms with Crippen molar-refractivity contribution in [1.29, 1.82) is 0 Å². The first-order valence-electron chi connectivity index (χ1n) is 10.0. The van der Waals surface area contributed by atoms with E-state index in [9.17, 15) is 0 Å². The lowest BCUT2D eigenvalue weighted by atomic mass is 9.41. The average molecular weight is 336 g/mol.